The van der Waals surface area contributed by atoms with Crippen molar-refractivity contribution in [3.63, 3.8) is 0 Å². The van der Waals surface area contributed by atoms with Crippen LogP contribution in [0.1, 0.15) is 32.6 Å². The summed E-state index contributed by atoms with van der Waals surface area (Å²) in [6, 6.07) is -0.695. The number of carbonyl (C=O) groups excluding carboxylic acids is 3. The lowest BCUT2D eigenvalue weighted by Crippen LogP contribution is -2.44. The molecular formula is C12H16N2O3. The fourth-order valence-electron chi connectivity index (χ4n) is 3.86. The lowest BCUT2D eigenvalue weighted by molar-refractivity contribution is -0.141. The highest BCUT2D eigenvalue weighted by atomic mass is 16.2. The van der Waals surface area contributed by atoms with Crippen LogP contribution in [-0.4, -0.2) is 28.8 Å². The molecule has 3 aliphatic rings. The Bertz CT molecular complexity index is 407. The summed E-state index contributed by atoms with van der Waals surface area (Å²) in [6.45, 7) is 1.89. The van der Waals surface area contributed by atoms with E-state index in [0.29, 0.717) is 11.8 Å². The minimum absolute atomic E-state index is 0.149. The normalized spacial score (nSPS) is 37.8. The molecule has 5 heteroatoms. The average Bonchev–Trinajstić information content (AvgIpc) is 2.94. The summed E-state index contributed by atoms with van der Waals surface area (Å²) in [5.74, 6) is 0.305. The van der Waals surface area contributed by atoms with Gasteiger partial charge >= 0.3 is 17.8 Å². The highest BCUT2D eigenvalue weighted by Crippen LogP contribution is 2.50. The first-order valence-electron chi connectivity index (χ1n) is 6.26. The Labute approximate surface area is 99.5 Å². The van der Waals surface area contributed by atoms with E-state index < -0.39 is 17.8 Å². The third kappa shape index (κ3) is 1.48. The summed E-state index contributed by atoms with van der Waals surface area (Å²) >= 11 is 0. The van der Waals surface area contributed by atoms with Gasteiger partial charge in [-0.15, -0.1) is 0 Å². The Balaban J connectivity index is 1.78. The van der Waals surface area contributed by atoms with Gasteiger partial charge in [0.25, 0.3) is 0 Å². The molecule has 0 aromatic rings. The van der Waals surface area contributed by atoms with E-state index in [0.717, 1.165) is 17.2 Å². The predicted molar refractivity (Wildman–Crippen MR) is 58.8 cm³/mol. The van der Waals surface area contributed by atoms with Crippen LogP contribution in [0.5, 0.6) is 0 Å². The lowest BCUT2D eigenvalue weighted by Gasteiger charge is -2.32. The van der Waals surface area contributed by atoms with E-state index in [-0.39, 0.29) is 6.04 Å². The number of hydrogen-bond donors (Lipinski definition) is 1. The van der Waals surface area contributed by atoms with Crippen LogP contribution in [0.25, 0.3) is 0 Å². The second-order valence-electron chi connectivity index (χ2n) is 5.51. The second-order valence-corrected chi connectivity index (χ2v) is 5.51. The first-order chi connectivity index (χ1) is 8.08. The molecule has 4 unspecified atom stereocenters. The molecule has 2 bridgehead atoms. The molecule has 0 spiro atoms. The molecule has 5 nitrogen and oxygen atoms in total. The van der Waals surface area contributed by atoms with Crippen LogP contribution in [0.4, 0.5) is 4.79 Å². The molecule has 92 valence electrons. The quantitative estimate of drug-likeness (QED) is 0.572. The van der Waals surface area contributed by atoms with E-state index in [1.807, 2.05) is 6.92 Å². The molecule has 1 aliphatic heterocycles. The van der Waals surface area contributed by atoms with Crippen LogP contribution in [-0.2, 0) is 9.59 Å². The van der Waals surface area contributed by atoms with E-state index in [9.17, 15) is 14.4 Å². The monoisotopic (exact) mass is 236 g/mol. The number of urea groups is 1. The van der Waals surface area contributed by atoms with Crippen molar-refractivity contribution >= 4 is 17.8 Å². The number of hydrogen-bond acceptors (Lipinski definition) is 3. The smallest absolute Gasteiger partial charge is 0.269 e. The van der Waals surface area contributed by atoms with Gasteiger partial charge in [0, 0.05) is 6.04 Å². The van der Waals surface area contributed by atoms with Crippen LogP contribution < -0.4 is 5.32 Å². The van der Waals surface area contributed by atoms with E-state index in [2.05, 4.69) is 5.32 Å². The molecule has 4 atom stereocenters. The first-order valence-corrected chi connectivity index (χ1v) is 6.26. The first kappa shape index (κ1) is 10.7. The van der Waals surface area contributed by atoms with Gasteiger partial charge in [0.1, 0.15) is 0 Å². The van der Waals surface area contributed by atoms with Gasteiger partial charge in [0.15, 0.2) is 0 Å². The number of nitrogens with one attached hydrogen (secondary N) is 1. The van der Waals surface area contributed by atoms with E-state index >= 15 is 0 Å². The Kier molecular flexibility index (Phi) is 2.24. The minimum atomic E-state index is -0.787. The fraction of sp³-hybridized carbons (Fsp3) is 0.750. The zero-order chi connectivity index (χ0) is 12.2. The topological polar surface area (TPSA) is 66.5 Å². The maximum Gasteiger partial charge on any atom is 0.331 e. The maximum atomic E-state index is 11.6. The minimum Gasteiger partial charge on any atom is -0.269 e. The Hall–Kier alpha value is -1.39. The van der Waals surface area contributed by atoms with Gasteiger partial charge in [-0.2, -0.15) is 0 Å². The van der Waals surface area contributed by atoms with Crippen molar-refractivity contribution in [1.82, 2.24) is 10.2 Å². The third-order valence-electron chi connectivity index (χ3n) is 4.67. The van der Waals surface area contributed by atoms with Crippen molar-refractivity contribution in [2.24, 2.45) is 17.8 Å². The second kappa shape index (κ2) is 3.55. The van der Waals surface area contributed by atoms with Crippen molar-refractivity contribution in [2.45, 2.75) is 38.6 Å². The fourth-order valence-corrected chi connectivity index (χ4v) is 3.86. The van der Waals surface area contributed by atoms with Crippen LogP contribution in [0.15, 0.2) is 0 Å². The Morgan fingerprint density at radius 2 is 2.00 bits per heavy atom. The summed E-state index contributed by atoms with van der Waals surface area (Å²) in [6.07, 6.45) is 4.81. The van der Waals surface area contributed by atoms with Gasteiger partial charge in [0.05, 0.1) is 0 Å². The summed E-state index contributed by atoms with van der Waals surface area (Å²) in [4.78, 5) is 35.5. The SMILES string of the molecule is CC(C1CC2CCC1C2)N1C(=O)NC(=O)C1=O. The number of nitrogens with zero attached hydrogens (tertiary/aromatic N) is 1. The molecule has 0 radical (unpaired) electrons. The summed E-state index contributed by atoms with van der Waals surface area (Å²) in [7, 11) is 0. The molecule has 2 aliphatic carbocycles. The van der Waals surface area contributed by atoms with Crippen molar-refractivity contribution in [1.29, 1.82) is 0 Å². The molecule has 1 saturated heterocycles. The van der Waals surface area contributed by atoms with Crippen molar-refractivity contribution in [3.05, 3.63) is 0 Å². The molecular weight excluding hydrogens is 220 g/mol. The molecule has 3 rings (SSSR count). The molecule has 0 aromatic carbocycles. The van der Waals surface area contributed by atoms with Gasteiger partial charge in [-0.05, 0) is 43.9 Å². The van der Waals surface area contributed by atoms with Crippen LogP contribution in [0.3, 0.4) is 0 Å². The summed E-state index contributed by atoms with van der Waals surface area (Å²) < 4.78 is 0. The van der Waals surface area contributed by atoms with Crippen LogP contribution >= 0.6 is 0 Å². The average molecular weight is 236 g/mol. The summed E-state index contributed by atoms with van der Waals surface area (Å²) in [5.41, 5.74) is 0. The number of imide groups is 2. The highest BCUT2D eigenvalue weighted by Gasteiger charge is 2.48. The van der Waals surface area contributed by atoms with Crippen molar-refractivity contribution < 1.29 is 14.4 Å². The molecule has 1 heterocycles. The highest BCUT2D eigenvalue weighted by molar-refractivity contribution is 6.44. The number of amides is 4. The number of fused-ring (bicyclic) bond motifs is 2. The van der Waals surface area contributed by atoms with E-state index in [1.54, 1.807) is 0 Å². The van der Waals surface area contributed by atoms with E-state index in [4.69, 9.17) is 0 Å². The zero-order valence-corrected chi connectivity index (χ0v) is 9.81. The molecule has 3 fully saturated rings. The van der Waals surface area contributed by atoms with Gasteiger partial charge in [-0.3, -0.25) is 19.8 Å². The lowest BCUT2D eigenvalue weighted by atomic mass is 9.83. The molecule has 17 heavy (non-hydrogen) atoms. The van der Waals surface area contributed by atoms with Crippen LogP contribution in [0.2, 0.25) is 0 Å². The van der Waals surface area contributed by atoms with Gasteiger partial charge in [-0.25, -0.2) is 4.79 Å². The summed E-state index contributed by atoms with van der Waals surface area (Å²) in [5, 5.41) is 2.06. The largest absolute Gasteiger partial charge is 0.331 e. The zero-order valence-electron chi connectivity index (χ0n) is 9.81. The molecule has 2 saturated carbocycles. The Morgan fingerprint density at radius 1 is 1.24 bits per heavy atom. The van der Waals surface area contributed by atoms with Gasteiger partial charge in [-0.1, -0.05) is 6.42 Å². The Morgan fingerprint density at radius 3 is 2.47 bits per heavy atom. The van der Waals surface area contributed by atoms with Gasteiger partial charge in [0.2, 0.25) is 0 Å². The predicted octanol–water partition coefficient (Wildman–Crippen LogP) is 0.889. The van der Waals surface area contributed by atoms with Crippen molar-refractivity contribution in [3.8, 4) is 0 Å². The standard InChI is InChI=1S/C12H16N2O3/c1-6(9-5-7-2-3-8(9)4-7)14-11(16)10(15)13-12(14)17/h6-9H,2-5H2,1H3,(H,13,15,17). The van der Waals surface area contributed by atoms with E-state index in [1.165, 1.54) is 19.3 Å². The number of carbonyl (C=O) groups is 3. The number of rotatable bonds is 2. The third-order valence-corrected chi connectivity index (χ3v) is 4.67. The maximum absolute atomic E-state index is 11.6. The molecule has 0 aromatic heterocycles. The molecule has 1 N–H and O–H groups in total. The van der Waals surface area contributed by atoms with Crippen molar-refractivity contribution in [2.75, 3.05) is 0 Å². The van der Waals surface area contributed by atoms with Crippen LogP contribution in [0, 0.1) is 17.8 Å². The molecule has 4 amide bonds. The van der Waals surface area contributed by atoms with Gasteiger partial charge < -0.3 is 0 Å².